The van der Waals surface area contributed by atoms with Gasteiger partial charge in [0.25, 0.3) is 0 Å². The van der Waals surface area contributed by atoms with Crippen LogP contribution in [0.5, 0.6) is 5.75 Å². The minimum Gasteiger partial charge on any atom is -0.494 e. The third kappa shape index (κ3) is 2.53. The summed E-state index contributed by atoms with van der Waals surface area (Å²) in [6, 6.07) is 3.87. The van der Waals surface area contributed by atoms with Crippen LogP contribution in [0.25, 0.3) is 10.2 Å². The molecule has 3 N–H and O–H groups in total. The van der Waals surface area contributed by atoms with Crippen molar-refractivity contribution < 1.29 is 9.53 Å². The Hall–Kier alpha value is -1.82. The number of nitrogens with two attached hydrogens (primary N) is 1. The number of anilines is 1. The highest BCUT2D eigenvalue weighted by Crippen LogP contribution is 2.33. The molecule has 0 spiro atoms. The van der Waals surface area contributed by atoms with Crippen molar-refractivity contribution in [1.82, 2.24) is 10.3 Å². The van der Waals surface area contributed by atoms with Crippen molar-refractivity contribution in [1.29, 1.82) is 0 Å². The van der Waals surface area contributed by atoms with Crippen molar-refractivity contribution in [3.05, 3.63) is 17.7 Å². The molecular weight excluding hydrogens is 250 g/mol. The van der Waals surface area contributed by atoms with Gasteiger partial charge in [-0.05, 0) is 18.1 Å². The van der Waals surface area contributed by atoms with Crippen LogP contribution in [-0.4, -0.2) is 24.5 Å². The van der Waals surface area contributed by atoms with Crippen LogP contribution in [0.1, 0.15) is 12.5 Å². The van der Waals surface area contributed by atoms with Crippen LogP contribution in [0.15, 0.2) is 12.1 Å². The molecule has 1 aromatic carbocycles. The number of aromatic nitrogens is 1. The van der Waals surface area contributed by atoms with Crippen LogP contribution in [0.4, 0.5) is 5.13 Å². The van der Waals surface area contributed by atoms with E-state index in [-0.39, 0.29) is 5.91 Å². The summed E-state index contributed by atoms with van der Waals surface area (Å²) >= 11 is 1.44. The third-order valence-electron chi connectivity index (χ3n) is 2.59. The Bertz CT molecular complexity index is 580. The fourth-order valence-corrected chi connectivity index (χ4v) is 2.68. The fraction of sp³-hybridized carbons (Fsp3) is 0.333. The summed E-state index contributed by atoms with van der Waals surface area (Å²) < 4.78 is 6.28. The lowest BCUT2D eigenvalue weighted by Crippen LogP contribution is -2.22. The summed E-state index contributed by atoms with van der Waals surface area (Å²) in [7, 11) is 1.61. The molecule has 1 aromatic heterocycles. The Morgan fingerprint density at radius 1 is 1.56 bits per heavy atom. The van der Waals surface area contributed by atoms with Crippen molar-refractivity contribution in [2.75, 3.05) is 19.4 Å². The predicted octanol–water partition coefficient (Wildman–Crippen LogP) is 1.57. The van der Waals surface area contributed by atoms with E-state index in [1.165, 1.54) is 18.3 Å². The van der Waals surface area contributed by atoms with Crippen molar-refractivity contribution >= 4 is 32.6 Å². The average molecular weight is 265 g/mol. The monoisotopic (exact) mass is 265 g/mol. The molecular formula is C12H15N3O2S. The van der Waals surface area contributed by atoms with Crippen molar-refractivity contribution in [2.45, 2.75) is 13.3 Å². The molecule has 5 nitrogen and oxygen atoms in total. The second-order valence-electron chi connectivity index (χ2n) is 3.89. The minimum absolute atomic E-state index is 0.0245. The van der Waals surface area contributed by atoms with Gasteiger partial charge >= 0.3 is 0 Å². The van der Waals surface area contributed by atoms with Gasteiger partial charge in [-0.2, -0.15) is 0 Å². The highest BCUT2D eigenvalue weighted by Gasteiger charge is 2.11. The molecule has 0 aliphatic heterocycles. The van der Waals surface area contributed by atoms with Gasteiger partial charge in [0.15, 0.2) is 5.13 Å². The number of hydrogen-bond acceptors (Lipinski definition) is 5. The van der Waals surface area contributed by atoms with Gasteiger partial charge in [-0.1, -0.05) is 17.4 Å². The number of amides is 1. The van der Waals surface area contributed by atoms with Gasteiger partial charge < -0.3 is 15.8 Å². The van der Waals surface area contributed by atoms with Crippen molar-refractivity contribution in [2.24, 2.45) is 0 Å². The Labute approximate surface area is 109 Å². The van der Waals surface area contributed by atoms with E-state index in [9.17, 15) is 4.79 Å². The molecule has 0 bridgehead atoms. The van der Waals surface area contributed by atoms with Crippen LogP contribution >= 0.6 is 11.3 Å². The van der Waals surface area contributed by atoms with Gasteiger partial charge in [0.05, 0.1) is 11.8 Å². The Balaban J connectivity index is 2.31. The third-order valence-corrected chi connectivity index (χ3v) is 3.55. The number of hydrogen-bond donors (Lipinski definition) is 2. The molecule has 0 fully saturated rings. The van der Waals surface area contributed by atoms with Gasteiger partial charge in [0.1, 0.15) is 11.3 Å². The molecule has 6 heteroatoms. The second-order valence-corrected chi connectivity index (χ2v) is 4.92. The molecule has 0 unspecified atom stereocenters. The number of ether oxygens (including phenoxy) is 1. The van der Waals surface area contributed by atoms with E-state index in [1.807, 2.05) is 12.1 Å². The molecule has 0 saturated carbocycles. The van der Waals surface area contributed by atoms with Crippen LogP contribution < -0.4 is 15.8 Å². The molecule has 2 rings (SSSR count). The van der Waals surface area contributed by atoms with Gasteiger partial charge in [0, 0.05) is 13.5 Å². The first-order valence-electron chi connectivity index (χ1n) is 5.58. The number of carbonyl (C=O) groups is 1. The lowest BCUT2D eigenvalue weighted by molar-refractivity contribution is -0.118. The zero-order chi connectivity index (χ0) is 13.1. The fourth-order valence-electron chi connectivity index (χ4n) is 1.79. The molecule has 0 atom stereocenters. The first-order valence-corrected chi connectivity index (χ1v) is 6.39. The first kappa shape index (κ1) is 12.6. The second kappa shape index (κ2) is 5.22. The quantitative estimate of drug-likeness (QED) is 0.879. The number of fused-ring (bicyclic) bond motifs is 1. The Morgan fingerprint density at radius 2 is 2.33 bits per heavy atom. The summed E-state index contributed by atoms with van der Waals surface area (Å²) in [4.78, 5) is 15.1. The average Bonchev–Trinajstić information content (AvgIpc) is 2.70. The van der Waals surface area contributed by atoms with E-state index in [2.05, 4.69) is 10.3 Å². The molecule has 2 aromatic rings. The summed E-state index contributed by atoms with van der Waals surface area (Å²) in [6.07, 6.45) is 0.752. The maximum Gasteiger partial charge on any atom is 0.216 e. The molecule has 0 aliphatic carbocycles. The standard InChI is InChI=1S/C12H15N3O2S/c1-7(16)14-6-5-8-3-4-9(17-2)10-11(8)18-12(13)15-10/h3-4H,5-6H2,1-2H3,(H2,13,15)(H,14,16). The van der Waals surface area contributed by atoms with E-state index < -0.39 is 0 Å². The van der Waals surface area contributed by atoms with Crippen LogP contribution in [-0.2, 0) is 11.2 Å². The van der Waals surface area contributed by atoms with E-state index in [0.717, 1.165) is 28.0 Å². The lowest BCUT2D eigenvalue weighted by Gasteiger charge is -2.06. The molecule has 0 radical (unpaired) electrons. The number of nitrogens with one attached hydrogen (secondary N) is 1. The predicted molar refractivity (Wildman–Crippen MR) is 73.0 cm³/mol. The number of nitrogen functional groups attached to an aromatic ring is 1. The number of thiazole rings is 1. The summed E-state index contributed by atoms with van der Waals surface area (Å²) in [5.41, 5.74) is 7.65. The zero-order valence-electron chi connectivity index (χ0n) is 10.3. The maximum atomic E-state index is 10.8. The van der Waals surface area contributed by atoms with Crippen LogP contribution in [0.2, 0.25) is 0 Å². The SMILES string of the molecule is COc1ccc(CCNC(C)=O)c2sc(N)nc12. The minimum atomic E-state index is -0.0245. The summed E-state index contributed by atoms with van der Waals surface area (Å²) in [6.45, 7) is 2.11. The highest BCUT2D eigenvalue weighted by atomic mass is 32.1. The molecule has 96 valence electrons. The molecule has 18 heavy (non-hydrogen) atoms. The van der Waals surface area contributed by atoms with E-state index in [1.54, 1.807) is 7.11 Å². The Kier molecular flexibility index (Phi) is 3.66. The van der Waals surface area contributed by atoms with Gasteiger partial charge in [-0.3, -0.25) is 4.79 Å². The number of rotatable bonds is 4. The maximum absolute atomic E-state index is 10.8. The van der Waals surface area contributed by atoms with E-state index in [4.69, 9.17) is 10.5 Å². The van der Waals surface area contributed by atoms with Crippen LogP contribution in [0.3, 0.4) is 0 Å². The molecule has 0 saturated heterocycles. The zero-order valence-corrected chi connectivity index (χ0v) is 11.1. The largest absolute Gasteiger partial charge is 0.494 e. The normalized spacial score (nSPS) is 10.6. The van der Waals surface area contributed by atoms with E-state index in [0.29, 0.717) is 11.7 Å². The van der Waals surface area contributed by atoms with Gasteiger partial charge in [-0.25, -0.2) is 4.98 Å². The first-order chi connectivity index (χ1) is 8.61. The molecule has 0 aliphatic rings. The van der Waals surface area contributed by atoms with Crippen LogP contribution in [0, 0.1) is 0 Å². The van der Waals surface area contributed by atoms with Crippen molar-refractivity contribution in [3.8, 4) is 5.75 Å². The Morgan fingerprint density at radius 3 is 3.00 bits per heavy atom. The molecule has 1 heterocycles. The lowest BCUT2D eigenvalue weighted by atomic mass is 10.1. The summed E-state index contributed by atoms with van der Waals surface area (Å²) in [5.74, 6) is 0.699. The van der Waals surface area contributed by atoms with Gasteiger partial charge in [-0.15, -0.1) is 0 Å². The highest BCUT2D eigenvalue weighted by molar-refractivity contribution is 7.22. The number of methoxy groups -OCH3 is 1. The number of carbonyl (C=O) groups excluding carboxylic acids is 1. The summed E-state index contributed by atoms with van der Waals surface area (Å²) in [5, 5.41) is 3.30. The smallest absolute Gasteiger partial charge is 0.216 e. The topological polar surface area (TPSA) is 77.2 Å². The number of nitrogens with zero attached hydrogens (tertiary/aromatic N) is 1. The van der Waals surface area contributed by atoms with Gasteiger partial charge in [0.2, 0.25) is 5.91 Å². The van der Waals surface area contributed by atoms with E-state index >= 15 is 0 Å². The van der Waals surface area contributed by atoms with Crippen molar-refractivity contribution in [3.63, 3.8) is 0 Å². The molecule has 1 amide bonds. The number of benzene rings is 1.